The zero-order valence-electron chi connectivity index (χ0n) is 15.2. The van der Waals surface area contributed by atoms with Crippen LogP contribution in [0.4, 0.5) is 0 Å². The van der Waals surface area contributed by atoms with E-state index < -0.39 is 0 Å². The van der Waals surface area contributed by atoms with Crippen LogP contribution in [0.15, 0.2) is 24.3 Å². The summed E-state index contributed by atoms with van der Waals surface area (Å²) in [6, 6.07) is 7.65. The van der Waals surface area contributed by atoms with Crippen LogP contribution in [0.3, 0.4) is 0 Å². The van der Waals surface area contributed by atoms with E-state index >= 15 is 0 Å². The number of hydrogen-bond acceptors (Lipinski definition) is 3. The summed E-state index contributed by atoms with van der Waals surface area (Å²) < 4.78 is 0. The number of rotatable bonds is 6. The van der Waals surface area contributed by atoms with Gasteiger partial charge in [0.25, 0.3) is 0 Å². The van der Waals surface area contributed by atoms with E-state index in [-0.39, 0.29) is 17.9 Å². The number of halogens is 1. The Hall–Kier alpha value is -1.59. The molecule has 142 valence electrons. The molecule has 26 heavy (non-hydrogen) atoms. The lowest BCUT2D eigenvalue weighted by molar-refractivity contribution is -0.132. The van der Waals surface area contributed by atoms with E-state index in [1.807, 2.05) is 29.2 Å². The molecular weight excluding hydrogens is 350 g/mol. The fourth-order valence-electron chi connectivity index (χ4n) is 3.84. The summed E-state index contributed by atoms with van der Waals surface area (Å²) in [4.78, 5) is 26.6. The van der Waals surface area contributed by atoms with E-state index in [4.69, 9.17) is 11.6 Å². The highest BCUT2D eigenvalue weighted by molar-refractivity contribution is 6.31. The quantitative estimate of drug-likeness (QED) is 0.800. The Kier molecular flexibility index (Phi) is 6.92. The molecule has 2 N–H and O–H groups in total. The third-order valence-corrected chi connectivity index (χ3v) is 5.75. The van der Waals surface area contributed by atoms with Crippen molar-refractivity contribution in [2.45, 2.75) is 44.6 Å². The molecule has 2 saturated heterocycles. The molecule has 2 aliphatic heterocycles. The van der Waals surface area contributed by atoms with Crippen LogP contribution in [-0.4, -0.2) is 48.9 Å². The Bertz CT molecular complexity index is 631. The highest BCUT2D eigenvalue weighted by Crippen LogP contribution is 2.20. The number of piperidine rings is 1. The van der Waals surface area contributed by atoms with Gasteiger partial charge in [-0.05, 0) is 56.2 Å². The average molecular weight is 378 g/mol. The van der Waals surface area contributed by atoms with E-state index in [1.54, 1.807) is 0 Å². The second kappa shape index (κ2) is 9.38. The van der Waals surface area contributed by atoms with Crippen molar-refractivity contribution < 1.29 is 9.59 Å². The lowest BCUT2D eigenvalue weighted by Crippen LogP contribution is -2.46. The van der Waals surface area contributed by atoms with Crippen molar-refractivity contribution in [3.8, 4) is 0 Å². The van der Waals surface area contributed by atoms with E-state index in [9.17, 15) is 9.59 Å². The summed E-state index contributed by atoms with van der Waals surface area (Å²) in [6.07, 6.45) is 5.20. The first-order valence-electron chi connectivity index (χ1n) is 9.66. The van der Waals surface area contributed by atoms with E-state index in [0.717, 1.165) is 55.9 Å². The second-order valence-electron chi connectivity index (χ2n) is 7.33. The van der Waals surface area contributed by atoms with Crippen molar-refractivity contribution in [3.63, 3.8) is 0 Å². The Morgan fingerprint density at radius 2 is 2.08 bits per heavy atom. The molecule has 1 aromatic rings. The minimum atomic E-state index is -0.0352. The van der Waals surface area contributed by atoms with Gasteiger partial charge >= 0.3 is 0 Å². The topological polar surface area (TPSA) is 61.4 Å². The fourth-order valence-corrected chi connectivity index (χ4v) is 4.07. The third-order valence-electron chi connectivity index (χ3n) is 5.38. The van der Waals surface area contributed by atoms with Crippen LogP contribution >= 0.6 is 11.6 Å². The first-order chi connectivity index (χ1) is 12.6. The molecule has 5 nitrogen and oxygen atoms in total. The van der Waals surface area contributed by atoms with Gasteiger partial charge in [-0.1, -0.05) is 29.8 Å². The molecule has 2 heterocycles. The maximum absolute atomic E-state index is 12.6. The van der Waals surface area contributed by atoms with E-state index in [2.05, 4.69) is 10.6 Å². The van der Waals surface area contributed by atoms with Crippen LogP contribution in [0.5, 0.6) is 0 Å². The number of hydrogen-bond donors (Lipinski definition) is 2. The Morgan fingerprint density at radius 1 is 1.23 bits per heavy atom. The average Bonchev–Trinajstić information content (AvgIpc) is 3.20. The Labute approximate surface area is 160 Å². The van der Waals surface area contributed by atoms with Crippen LogP contribution in [0.2, 0.25) is 5.02 Å². The summed E-state index contributed by atoms with van der Waals surface area (Å²) in [5.41, 5.74) is 1.02. The van der Waals surface area contributed by atoms with Crippen molar-refractivity contribution in [3.05, 3.63) is 34.9 Å². The second-order valence-corrected chi connectivity index (χ2v) is 7.74. The number of amides is 2. The molecule has 0 aromatic heterocycles. The van der Waals surface area contributed by atoms with Crippen LogP contribution in [0.1, 0.15) is 37.7 Å². The first kappa shape index (κ1) is 19.2. The highest BCUT2D eigenvalue weighted by atomic mass is 35.5. The van der Waals surface area contributed by atoms with Gasteiger partial charge in [-0.25, -0.2) is 0 Å². The molecule has 6 heteroatoms. The molecule has 0 aliphatic carbocycles. The predicted molar refractivity (Wildman–Crippen MR) is 103 cm³/mol. The van der Waals surface area contributed by atoms with Gasteiger partial charge in [0.2, 0.25) is 11.8 Å². The van der Waals surface area contributed by atoms with Gasteiger partial charge in [-0.2, -0.15) is 0 Å². The van der Waals surface area contributed by atoms with Crippen molar-refractivity contribution in [1.82, 2.24) is 15.5 Å². The monoisotopic (exact) mass is 377 g/mol. The normalized spacial score (nSPS) is 23.0. The van der Waals surface area contributed by atoms with Crippen LogP contribution < -0.4 is 10.6 Å². The number of carbonyl (C=O) groups excluding carboxylic acids is 2. The van der Waals surface area contributed by atoms with Gasteiger partial charge in [0.1, 0.15) is 0 Å². The molecule has 1 aromatic carbocycles. The molecule has 3 rings (SSSR count). The van der Waals surface area contributed by atoms with Gasteiger partial charge in [0, 0.05) is 31.1 Å². The summed E-state index contributed by atoms with van der Waals surface area (Å²) in [5, 5.41) is 7.01. The Morgan fingerprint density at radius 3 is 2.85 bits per heavy atom. The van der Waals surface area contributed by atoms with Gasteiger partial charge in [0.15, 0.2) is 0 Å². The lowest BCUT2D eigenvalue weighted by Gasteiger charge is -2.33. The fraction of sp³-hybridized carbons (Fsp3) is 0.600. The summed E-state index contributed by atoms with van der Waals surface area (Å²) in [6.45, 7) is 3.14. The summed E-state index contributed by atoms with van der Waals surface area (Å²) in [7, 11) is 0. The van der Waals surface area contributed by atoms with Crippen LogP contribution in [0.25, 0.3) is 0 Å². The van der Waals surface area contributed by atoms with Crippen molar-refractivity contribution in [1.29, 1.82) is 0 Å². The number of benzene rings is 1. The number of carbonyl (C=O) groups is 2. The maximum atomic E-state index is 12.6. The standard InChI is InChI=1S/C20H28ClN3O2/c21-17-7-2-1-6-16(17)9-10-19(25)24-12-4-5-15(14-24)13-23-20(26)18-8-3-11-22-18/h1-2,6-7,15,18,22H,3-5,8-14H2,(H,23,26). The van der Waals surface area contributed by atoms with Gasteiger partial charge < -0.3 is 15.5 Å². The van der Waals surface area contributed by atoms with Gasteiger partial charge in [-0.15, -0.1) is 0 Å². The third kappa shape index (κ3) is 5.21. The molecule has 0 saturated carbocycles. The molecule has 2 fully saturated rings. The minimum Gasteiger partial charge on any atom is -0.354 e. The van der Waals surface area contributed by atoms with E-state index in [0.29, 0.717) is 25.3 Å². The summed E-state index contributed by atoms with van der Waals surface area (Å²) >= 11 is 6.17. The number of aryl methyl sites for hydroxylation is 1. The number of likely N-dealkylation sites (tertiary alicyclic amines) is 1. The Balaban J connectivity index is 1.43. The molecule has 2 aliphatic rings. The van der Waals surface area contributed by atoms with E-state index in [1.165, 1.54) is 0 Å². The summed E-state index contributed by atoms with van der Waals surface area (Å²) in [5.74, 6) is 0.626. The van der Waals surface area contributed by atoms with Crippen molar-refractivity contribution in [2.24, 2.45) is 5.92 Å². The van der Waals surface area contributed by atoms with Crippen LogP contribution in [-0.2, 0) is 16.0 Å². The molecular formula is C20H28ClN3O2. The molecule has 2 atom stereocenters. The molecule has 2 unspecified atom stereocenters. The van der Waals surface area contributed by atoms with Crippen molar-refractivity contribution >= 4 is 23.4 Å². The molecule has 0 radical (unpaired) electrons. The zero-order valence-corrected chi connectivity index (χ0v) is 15.9. The lowest BCUT2D eigenvalue weighted by atomic mass is 9.97. The predicted octanol–water partition coefficient (Wildman–Crippen LogP) is 2.38. The largest absolute Gasteiger partial charge is 0.354 e. The minimum absolute atomic E-state index is 0.0352. The molecule has 0 spiro atoms. The van der Waals surface area contributed by atoms with Crippen LogP contribution in [0, 0.1) is 5.92 Å². The number of nitrogens with zero attached hydrogens (tertiary/aromatic N) is 1. The maximum Gasteiger partial charge on any atom is 0.237 e. The molecule has 2 amide bonds. The SMILES string of the molecule is O=C(NCC1CCCN(C(=O)CCc2ccccc2Cl)C1)C1CCCN1. The molecule has 0 bridgehead atoms. The number of nitrogens with one attached hydrogen (secondary N) is 2. The zero-order chi connectivity index (χ0) is 18.4. The van der Waals surface area contributed by atoms with Crippen molar-refractivity contribution in [2.75, 3.05) is 26.2 Å². The van der Waals surface area contributed by atoms with Gasteiger partial charge in [-0.3, -0.25) is 9.59 Å². The highest BCUT2D eigenvalue weighted by Gasteiger charge is 2.26. The smallest absolute Gasteiger partial charge is 0.237 e. The van der Waals surface area contributed by atoms with Gasteiger partial charge in [0.05, 0.1) is 6.04 Å². The first-order valence-corrected chi connectivity index (χ1v) is 10.0.